The van der Waals surface area contributed by atoms with Crippen LogP contribution in [0.3, 0.4) is 0 Å². The van der Waals surface area contributed by atoms with E-state index in [0.29, 0.717) is 0 Å². The van der Waals surface area contributed by atoms with Gasteiger partial charge in [0, 0.05) is 7.11 Å². The zero-order chi connectivity index (χ0) is 10.2. The summed E-state index contributed by atoms with van der Waals surface area (Å²) >= 11 is 0. The second kappa shape index (κ2) is 3.53. The predicted octanol–water partition coefficient (Wildman–Crippen LogP) is -0.0795. The molecule has 0 saturated carbocycles. The molecular weight excluding hydrogens is 172 g/mol. The van der Waals surface area contributed by atoms with Crippen LogP contribution < -0.4 is 0 Å². The molecule has 0 aromatic carbocycles. The van der Waals surface area contributed by atoms with E-state index in [2.05, 4.69) is 0 Å². The van der Waals surface area contributed by atoms with Gasteiger partial charge in [-0.25, -0.2) is 0 Å². The van der Waals surface area contributed by atoms with Crippen LogP contribution in [0.4, 0.5) is 0 Å². The molecule has 78 valence electrons. The van der Waals surface area contributed by atoms with Crippen LogP contribution in [-0.4, -0.2) is 47.3 Å². The van der Waals surface area contributed by atoms with Gasteiger partial charge < -0.3 is 19.7 Å². The highest BCUT2D eigenvalue weighted by atomic mass is 16.6. The van der Waals surface area contributed by atoms with Crippen molar-refractivity contribution in [3.05, 3.63) is 0 Å². The predicted molar refractivity (Wildman–Crippen MR) is 47.4 cm³/mol. The van der Waals surface area contributed by atoms with Crippen LogP contribution in [0.5, 0.6) is 0 Å². The first-order valence-electron chi connectivity index (χ1n) is 4.47. The first kappa shape index (κ1) is 10.9. The van der Waals surface area contributed by atoms with E-state index in [1.54, 1.807) is 6.92 Å². The summed E-state index contributed by atoms with van der Waals surface area (Å²) in [6.45, 7) is 5.42. The molecule has 0 bridgehead atoms. The maximum Gasteiger partial charge on any atom is 0.114 e. The number of hydrogen-bond acceptors (Lipinski definition) is 4. The van der Waals surface area contributed by atoms with Gasteiger partial charge in [0.2, 0.25) is 0 Å². The smallest absolute Gasteiger partial charge is 0.114 e. The molecule has 4 nitrogen and oxygen atoms in total. The Bertz CT molecular complexity index is 180. The second-order valence-electron chi connectivity index (χ2n) is 4.06. The molecule has 1 fully saturated rings. The molecule has 1 aliphatic rings. The highest BCUT2D eigenvalue weighted by molar-refractivity contribution is 4.96. The van der Waals surface area contributed by atoms with E-state index in [1.165, 1.54) is 7.11 Å². The number of rotatable bonds is 1. The molecule has 0 aromatic heterocycles. The Labute approximate surface area is 78.5 Å². The van der Waals surface area contributed by atoms with Gasteiger partial charge in [-0.15, -0.1) is 0 Å². The highest BCUT2D eigenvalue weighted by Crippen LogP contribution is 2.30. The molecule has 1 rings (SSSR count). The first-order valence-corrected chi connectivity index (χ1v) is 4.47. The number of ether oxygens (including phenoxy) is 2. The normalized spacial score (nSPS) is 44.8. The number of aliphatic hydroxyl groups excluding tert-OH is 2. The molecule has 4 atom stereocenters. The third-order valence-corrected chi connectivity index (χ3v) is 2.57. The standard InChI is InChI=1S/C9H18O4/c1-5-6(10)7(11)8(12-4)9(2,3)13-5/h5-8,10-11H,1-4H3/t5?,6-,7-,8+/m0/s1. The molecule has 13 heavy (non-hydrogen) atoms. The Morgan fingerprint density at radius 1 is 1.23 bits per heavy atom. The first-order chi connectivity index (χ1) is 5.90. The number of hydrogen-bond donors (Lipinski definition) is 2. The van der Waals surface area contributed by atoms with E-state index < -0.39 is 23.9 Å². The summed E-state index contributed by atoms with van der Waals surface area (Å²) in [6.07, 6.45) is -2.61. The van der Waals surface area contributed by atoms with E-state index in [-0.39, 0.29) is 6.10 Å². The Kier molecular flexibility index (Phi) is 2.97. The lowest BCUT2D eigenvalue weighted by atomic mass is 9.88. The Hall–Kier alpha value is -0.160. The molecule has 4 heteroatoms. The van der Waals surface area contributed by atoms with Crippen molar-refractivity contribution in [2.24, 2.45) is 0 Å². The summed E-state index contributed by atoms with van der Waals surface area (Å²) in [5.41, 5.74) is -0.563. The molecule has 0 aromatic rings. The molecule has 2 N–H and O–H groups in total. The quantitative estimate of drug-likeness (QED) is 0.607. The largest absolute Gasteiger partial charge is 0.388 e. The van der Waals surface area contributed by atoms with Gasteiger partial charge >= 0.3 is 0 Å². The van der Waals surface area contributed by atoms with Gasteiger partial charge in [0.1, 0.15) is 18.3 Å². The average Bonchev–Trinajstić information content (AvgIpc) is 2.00. The number of methoxy groups -OCH3 is 1. The van der Waals surface area contributed by atoms with E-state index in [0.717, 1.165) is 0 Å². The molecule has 1 heterocycles. The number of aliphatic hydroxyl groups is 2. The van der Waals surface area contributed by atoms with Gasteiger partial charge in [-0.05, 0) is 20.8 Å². The van der Waals surface area contributed by atoms with Crippen LogP contribution >= 0.6 is 0 Å². The van der Waals surface area contributed by atoms with E-state index in [1.807, 2.05) is 13.8 Å². The van der Waals surface area contributed by atoms with Crippen molar-refractivity contribution in [3.63, 3.8) is 0 Å². The van der Waals surface area contributed by atoms with E-state index in [9.17, 15) is 10.2 Å². The SMILES string of the molecule is CO[C@@H]1[C@@H](O)[C@@H](O)C(C)OC1(C)C. The molecule has 1 aliphatic heterocycles. The minimum Gasteiger partial charge on any atom is -0.388 e. The summed E-state index contributed by atoms with van der Waals surface area (Å²) in [6, 6.07) is 0. The van der Waals surface area contributed by atoms with Crippen LogP contribution in [0.2, 0.25) is 0 Å². The van der Waals surface area contributed by atoms with Crippen LogP contribution in [0.15, 0.2) is 0 Å². The zero-order valence-electron chi connectivity index (χ0n) is 8.52. The summed E-state index contributed by atoms with van der Waals surface area (Å²) in [5, 5.41) is 19.2. The molecule has 0 aliphatic carbocycles. The van der Waals surface area contributed by atoms with Gasteiger partial charge in [-0.1, -0.05) is 0 Å². The molecular formula is C9H18O4. The minimum atomic E-state index is -0.885. The van der Waals surface area contributed by atoms with Crippen molar-refractivity contribution in [2.45, 2.75) is 50.8 Å². The lowest BCUT2D eigenvalue weighted by molar-refractivity contribution is -0.258. The van der Waals surface area contributed by atoms with Crippen molar-refractivity contribution < 1.29 is 19.7 Å². The van der Waals surface area contributed by atoms with Crippen molar-refractivity contribution in [3.8, 4) is 0 Å². The maximum atomic E-state index is 9.69. The Morgan fingerprint density at radius 2 is 1.77 bits per heavy atom. The molecule has 1 unspecified atom stereocenters. The lowest BCUT2D eigenvalue weighted by Crippen LogP contribution is -2.61. The summed E-state index contributed by atoms with van der Waals surface area (Å²) in [5.74, 6) is 0. The van der Waals surface area contributed by atoms with Crippen molar-refractivity contribution >= 4 is 0 Å². The van der Waals surface area contributed by atoms with Crippen LogP contribution in [0.25, 0.3) is 0 Å². The van der Waals surface area contributed by atoms with Crippen LogP contribution in [0, 0.1) is 0 Å². The molecule has 0 radical (unpaired) electrons. The third kappa shape index (κ3) is 1.86. The van der Waals surface area contributed by atoms with Crippen LogP contribution in [-0.2, 0) is 9.47 Å². The topological polar surface area (TPSA) is 58.9 Å². The minimum absolute atomic E-state index is 0.364. The van der Waals surface area contributed by atoms with E-state index >= 15 is 0 Å². The lowest BCUT2D eigenvalue weighted by Gasteiger charge is -2.46. The second-order valence-corrected chi connectivity index (χ2v) is 4.06. The van der Waals surface area contributed by atoms with Crippen LogP contribution in [0.1, 0.15) is 20.8 Å². The fourth-order valence-corrected chi connectivity index (χ4v) is 1.91. The monoisotopic (exact) mass is 190 g/mol. The summed E-state index contributed by atoms with van der Waals surface area (Å²) in [4.78, 5) is 0. The zero-order valence-corrected chi connectivity index (χ0v) is 8.52. The van der Waals surface area contributed by atoms with Gasteiger partial charge in [0.05, 0.1) is 11.7 Å². The Balaban J connectivity index is 2.82. The molecule has 0 spiro atoms. The van der Waals surface area contributed by atoms with Crippen molar-refractivity contribution in [2.75, 3.05) is 7.11 Å². The van der Waals surface area contributed by atoms with Gasteiger partial charge in [0.15, 0.2) is 0 Å². The third-order valence-electron chi connectivity index (χ3n) is 2.57. The average molecular weight is 190 g/mol. The maximum absolute atomic E-state index is 9.69. The van der Waals surface area contributed by atoms with Gasteiger partial charge in [0.25, 0.3) is 0 Å². The summed E-state index contributed by atoms with van der Waals surface area (Å²) < 4.78 is 10.6. The van der Waals surface area contributed by atoms with Crippen molar-refractivity contribution in [1.29, 1.82) is 0 Å². The summed E-state index contributed by atoms with van der Waals surface area (Å²) in [7, 11) is 1.50. The van der Waals surface area contributed by atoms with Crippen molar-refractivity contribution in [1.82, 2.24) is 0 Å². The van der Waals surface area contributed by atoms with Gasteiger partial charge in [-0.2, -0.15) is 0 Å². The molecule has 0 amide bonds. The van der Waals surface area contributed by atoms with Gasteiger partial charge in [-0.3, -0.25) is 0 Å². The Morgan fingerprint density at radius 3 is 2.23 bits per heavy atom. The highest BCUT2D eigenvalue weighted by Gasteiger charge is 2.47. The fraction of sp³-hybridized carbons (Fsp3) is 1.00. The van der Waals surface area contributed by atoms with E-state index in [4.69, 9.17) is 9.47 Å². The fourth-order valence-electron chi connectivity index (χ4n) is 1.91. The molecule has 1 saturated heterocycles.